The van der Waals surface area contributed by atoms with E-state index < -0.39 is 4.92 Å². The summed E-state index contributed by atoms with van der Waals surface area (Å²) in [6.07, 6.45) is 0.0203. The number of nitro benzene ring substituents is 1. The van der Waals surface area contributed by atoms with Crippen LogP contribution in [0.3, 0.4) is 0 Å². The summed E-state index contributed by atoms with van der Waals surface area (Å²) >= 11 is 6.02. The Morgan fingerprint density at radius 1 is 1.14 bits per heavy atom. The second-order valence-electron chi connectivity index (χ2n) is 6.12. The number of nitro groups is 1. The fourth-order valence-electron chi connectivity index (χ4n) is 2.33. The SMILES string of the molecule is C/C(CC(=O)Nc1cccc(Cl)c1C)=N/NC(=O)Cc1ccc([N+](=O)[O-])cc1. The van der Waals surface area contributed by atoms with Crippen molar-refractivity contribution in [3.05, 3.63) is 68.7 Å². The smallest absolute Gasteiger partial charge is 0.269 e. The topological polar surface area (TPSA) is 114 Å². The standard InChI is InChI=1S/C19H19ClN4O4/c1-12(10-18(25)21-17-5-3-4-16(20)13(17)2)22-23-19(26)11-14-6-8-15(9-7-14)24(27)28/h3-9H,10-11H2,1-2H3,(H,21,25)(H,23,26)/b22-12-. The van der Waals surface area contributed by atoms with Gasteiger partial charge in [-0.05, 0) is 37.1 Å². The first-order chi connectivity index (χ1) is 13.3. The summed E-state index contributed by atoms with van der Waals surface area (Å²) in [5.41, 5.74) is 4.76. The van der Waals surface area contributed by atoms with Crippen LogP contribution in [0.2, 0.25) is 5.02 Å². The van der Waals surface area contributed by atoms with E-state index in [4.69, 9.17) is 11.6 Å². The minimum Gasteiger partial charge on any atom is -0.325 e. The van der Waals surface area contributed by atoms with E-state index in [1.807, 2.05) is 0 Å². The van der Waals surface area contributed by atoms with Crippen LogP contribution in [0.25, 0.3) is 0 Å². The maximum Gasteiger partial charge on any atom is 0.269 e. The lowest BCUT2D eigenvalue weighted by Gasteiger charge is -2.09. The van der Waals surface area contributed by atoms with Gasteiger partial charge >= 0.3 is 0 Å². The normalized spacial score (nSPS) is 11.0. The Kier molecular flexibility index (Phi) is 7.22. The number of nitrogens with one attached hydrogen (secondary N) is 2. The molecule has 0 fully saturated rings. The van der Waals surface area contributed by atoms with Crippen LogP contribution in [0.4, 0.5) is 11.4 Å². The summed E-state index contributed by atoms with van der Waals surface area (Å²) in [4.78, 5) is 34.1. The number of rotatable bonds is 7. The molecule has 0 bridgehead atoms. The summed E-state index contributed by atoms with van der Waals surface area (Å²) in [5.74, 6) is -0.671. The lowest BCUT2D eigenvalue weighted by Crippen LogP contribution is -2.23. The van der Waals surface area contributed by atoms with Gasteiger partial charge in [-0.15, -0.1) is 0 Å². The van der Waals surface area contributed by atoms with Gasteiger partial charge in [-0.25, -0.2) is 5.43 Å². The zero-order valence-electron chi connectivity index (χ0n) is 15.4. The number of benzene rings is 2. The Hall–Kier alpha value is -3.26. The molecule has 0 saturated carbocycles. The van der Waals surface area contributed by atoms with E-state index in [9.17, 15) is 19.7 Å². The summed E-state index contributed by atoms with van der Waals surface area (Å²) in [6, 6.07) is 10.9. The van der Waals surface area contributed by atoms with Gasteiger partial charge in [-0.3, -0.25) is 19.7 Å². The van der Waals surface area contributed by atoms with Crippen LogP contribution in [0.5, 0.6) is 0 Å². The van der Waals surface area contributed by atoms with Crippen molar-refractivity contribution in [1.29, 1.82) is 0 Å². The predicted molar refractivity (Wildman–Crippen MR) is 107 cm³/mol. The highest BCUT2D eigenvalue weighted by Crippen LogP contribution is 2.23. The molecular formula is C19H19ClN4O4. The van der Waals surface area contributed by atoms with Gasteiger partial charge in [0, 0.05) is 28.6 Å². The minimum absolute atomic E-state index is 0.00374. The second kappa shape index (κ2) is 9.61. The van der Waals surface area contributed by atoms with Crippen molar-refractivity contribution in [2.24, 2.45) is 5.10 Å². The number of hydrogen-bond donors (Lipinski definition) is 2. The van der Waals surface area contributed by atoms with E-state index in [-0.39, 0.29) is 30.3 Å². The molecule has 8 nitrogen and oxygen atoms in total. The zero-order chi connectivity index (χ0) is 20.7. The first-order valence-corrected chi connectivity index (χ1v) is 8.74. The average molecular weight is 403 g/mol. The van der Waals surface area contributed by atoms with Crippen molar-refractivity contribution in [3.8, 4) is 0 Å². The van der Waals surface area contributed by atoms with Crippen LogP contribution >= 0.6 is 11.6 Å². The van der Waals surface area contributed by atoms with Crippen molar-refractivity contribution in [3.63, 3.8) is 0 Å². The van der Waals surface area contributed by atoms with Crippen LogP contribution in [-0.4, -0.2) is 22.4 Å². The molecule has 146 valence electrons. The van der Waals surface area contributed by atoms with E-state index in [0.29, 0.717) is 22.0 Å². The van der Waals surface area contributed by atoms with Crippen LogP contribution in [0.15, 0.2) is 47.6 Å². The summed E-state index contributed by atoms with van der Waals surface area (Å²) in [5, 5.41) is 17.8. The predicted octanol–water partition coefficient (Wildman–Crippen LogP) is 3.62. The highest BCUT2D eigenvalue weighted by molar-refractivity contribution is 6.31. The molecule has 28 heavy (non-hydrogen) atoms. The monoisotopic (exact) mass is 402 g/mol. The molecule has 0 aliphatic rings. The number of hydrogen-bond acceptors (Lipinski definition) is 5. The Labute approximate surface area is 166 Å². The molecule has 0 radical (unpaired) electrons. The van der Waals surface area contributed by atoms with Gasteiger partial charge in [-0.2, -0.15) is 5.10 Å². The minimum atomic E-state index is -0.507. The number of carbonyl (C=O) groups excluding carboxylic acids is 2. The average Bonchev–Trinajstić information content (AvgIpc) is 2.64. The summed E-state index contributed by atoms with van der Waals surface area (Å²) in [6.45, 7) is 3.42. The van der Waals surface area contributed by atoms with Gasteiger partial charge in [0.2, 0.25) is 11.8 Å². The molecule has 2 aromatic rings. The Balaban J connectivity index is 1.85. The molecule has 0 aromatic heterocycles. The van der Waals surface area contributed by atoms with Crippen molar-refractivity contribution in [2.45, 2.75) is 26.7 Å². The first-order valence-electron chi connectivity index (χ1n) is 8.36. The zero-order valence-corrected chi connectivity index (χ0v) is 16.1. The number of anilines is 1. The molecule has 0 atom stereocenters. The lowest BCUT2D eigenvalue weighted by atomic mass is 10.1. The van der Waals surface area contributed by atoms with Gasteiger partial charge in [0.1, 0.15) is 0 Å². The third-order valence-corrected chi connectivity index (χ3v) is 4.25. The maximum atomic E-state index is 12.1. The summed E-state index contributed by atoms with van der Waals surface area (Å²) in [7, 11) is 0. The summed E-state index contributed by atoms with van der Waals surface area (Å²) < 4.78 is 0. The van der Waals surface area contributed by atoms with Crippen LogP contribution in [0, 0.1) is 17.0 Å². The highest BCUT2D eigenvalue weighted by atomic mass is 35.5. The van der Waals surface area contributed by atoms with Gasteiger partial charge < -0.3 is 5.32 Å². The molecule has 9 heteroatoms. The lowest BCUT2D eigenvalue weighted by molar-refractivity contribution is -0.384. The van der Waals surface area contributed by atoms with Crippen LogP contribution < -0.4 is 10.7 Å². The number of nitrogens with zero attached hydrogens (tertiary/aromatic N) is 2. The Morgan fingerprint density at radius 2 is 1.82 bits per heavy atom. The van der Waals surface area contributed by atoms with Gasteiger partial charge in [-0.1, -0.05) is 29.8 Å². The van der Waals surface area contributed by atoms with Crippen LogP contribution in [-0.2, 0) is 16.0 Å². The fraction of sp³-hybridized carbons (Fsp3) is 0.211. The van der Waals surface area contributed by atoms with E-state index in [2.05, 4.69) is 15.8 Å². The van der Waals surface area contributed by atoms with Gasteiger partial charge in [0.15, 0.2) is 0 Å². The molecule has 0 spiro atoms. The van der Waals surface area contributed by atoms with E-state index in [0.717, 1.165) is 5.56 Å². The second-order valence-corrected chi connectivity index (χ2v) is 6.53. The third kappa shape index (κ3) is 6.17. The quantitative estimate of drug-likeness (QED) is 0.418. The largest absolute Gasteiger partial charge is 0.325 e. The molecule has 0 saturated heterocycles. The van der Waals surface area contributed by atoms with E-state index >= 15 is 0 Å². The maximum absolute atomic E-state index is 12.1. The van der Waals surface area contributed by atoms with Crippen molar-refractivity contribution in [1.82, 2.24) is 5.43 Å². The molecule has 2 rings (SSSR count). The number of halogens is 1. The molecule has 2 aromatic carbocycles. The number of amides is 2. The Bertz CT molecular complexity index is 926. The van der Waals surface area contributed by atoms with Crippen LogP contribution in [0.1, 0.15) is 24.5 Å². The number of hydrazone groups is 1. The molecular weight excluding hydrogens is 384 g/mol. The van der Waals surface area contributed by atoms with E-state index in [1.165, 1.54) is 24.3 Å². The molecule has 0 unspecified atom stereocenters. The molecule has 2 amide bonds. The van der Waals surface area contributed by atoms with Gasteiger partial charge in [0.05, 0.1) is 17.8 Å². The van der Waals surface area contributed by atoms with E-state index in [1.54, 1.807) is 32.0 Å². The molecule has 0 aliphatic carbocycles. The number of non-ortho nitro benzene ring substituents is 1. The first kappa shape index (κ1) is 21.0. The third-order valence-electron chi connectivity index (χ3n) is 3.84. The molecule has 0 aliphatic heterocycles. The molecule has 2 N–H and O–H groups in total. The van der Waals surface area contributed by atoms with Crippen molar-refractivity contribution in [2.75, 3.05) is 5.32 Å². The van der Waals surface area contributed by atoms with Crippen molar-refractivity contribution < 1.29 is 14.5 Å². The fourth-order valence-corrected chi connectivity index (χ4v) is 2.50. The highest BCUT2D eigenvalue weighted by Gasteiger charge is 2.10. The molecule has 0 heterocycles. The van der Waals surface area contributed by atoms with Crippen molar-refractivity contribution >= 4 is 40.5 Å². The Morgan fingerprint density at radius 3 is 2.46 bits per heavy atom. The number of carbonyl (C=O) groups is 2. The van der Waals surface area contributed by atoms with Gasteiger partial charge in [0.25, 0.3) is 5.69 Å².